The smallest absolute Gasteiger partial charge is 0.310 e. The van der Waals surface area contributed by atoms with E-state index in [1.807, 2.05) is 0 Å². The minimum atomic E-state index is -0.443. The van der Waals surface area contributed by atoms with E-state index in [2.05, 4.69) is 15.2 Å². The van der Waals surface area contributed by atoms with Crippen molar-refractivity contribution in [2.75, 3.05) is 26.8 Å². The van der Waals surface area contributed by atoms with Gasteiger partial charge in [0.05, 0.1) is 19.6 Å². The molecule has 0 bridgehead atoms. The Balaban J connectivity index is 1.37. The minimum Gasteiger partial charge on any atom is -0.493 e. The third kappa shape index (κ3) is 7.18. The molecule has 3 aromatic rings. The predicted molar refractivity (Wildman–Crippen MR) is 140 cm³/mol. The molecule has 1 aromatic heterocycles. The van der Waals surface area contributed by atoms with Crippen LogP contribution in [0.2, 0.25) is 0 Å². The van der Waals surface area contributed by atoms with Crippen LogP contribution in [-0.2, 0) is 27.4 Å². The Morgan fingerprint density at radius 1 is 1.15 bits per heavy atom. The summed E-state index contributed by atoms with van der Waals surface area (Å²) in [6.07, 6.45) is 1.62. The number of hydrogen-bond acceptors (Lipinski definition) is 8. The van der Waals surface area contributed by atoms with Crippen LogP contribution in [0.25, 0.3) is 11.4 Å². The van der Waals surface area contributed by atoms with Crippen LogP contribution in [0.3, 0.4) is 0 Å². The molecule has 0 spiro atoms. The van der Waals surface area contributed by atoms with Gasteiger partial charge >= 0.3 is 5.97 Å². The summed E-state index contributed by atoms with van der Waals surface area (Å²) in [7, 11) is 1.49. The molecule has 1 saturated heterocycles. The molecule has 0 saturated carbocycles. The van der Waals surface area contributed by atoms with Gasteiger partial charge in [0.1, 0.15) is 18.1 Å². The summed E-state index contributed by atoms with van der Waals surface area (Å²) in [5.74, 6) is -0.00668. The van der Waals surface area contributed by atoms with Crippen molar-refractivity contribution in [3.05, 3.63) is 69.9 Å². The quantitative estimate of drug-likeness (QED) is 0.390. The molecule has 0 aliphatic carbocycles. The number of methoxy groups -OCH3 is 1. The van der Waals surface area contributed by atoms with Gasteiger partial charge in [0, 0.05) is 31.5 Å². The number of benzene rings is 2. The van der Waals surface area contributed by atoms with Gasteiger partial charge in [-0.2, -0.15) is 0 Å². The van der Waals surface area contributed by atoms with Crippen molar-refractivity contribution in [3.8, 4) is 22.9 Å². The Hall–Kier alpha value is -4.28. The summed E-state index contributed by atoms with van der Waals surface area (Å²) in [6.45, 7) is 3.10. The first-order valence-electron chi connectivity index (χ1n) is 12.8. The number of aromatic nitrogens is 3. The fourth-order valence-electron chi connectivity index (χ4n) is 4.42. The van der Waals surface area contributed by atoms with E-state index in [-0.39, 0.29) is 54.6 Å². The molecule has 206 valence electrons. The highest BCUT2D eigenvalue weighted by atomic mass is 19.1. The number of halogens is 1. The summed E-state index contributed by atoms with van der Waals surface area (Å²) >= 11 is 0. The first-order chi connectivity index (χ1) is 18.9. The second kappa shape index (κ2) is 13.0. The summed E-state index contributed by atoms with van der Waals surface area (Å²) in [5.41, 5.74) is 0.925. The number of piperidine rings is 1. The lowest BCUT2D eigenvalue weighted by Crippen LogP contribution is -2.43. The molecule has 1 atom stereocenters. The van der Waals surface area contributed by atoms with Gasteiger partial charge in [0.25, 0.3) is 5.56 Å². The van der Waals surface area contributed by atoms with Gasteiger partial charge in [0.2, 0.25) is 5.91 Å². The van der Waals surface area contributed by atoms with E-state index < -0.39 is 5.56 Å². The Labute approximate surface area is 225 Å². The maximum Gasteiger partial charge on any atom is 0.310 e. The molecule has 1 aliphatic rings. The fraction of sp³-hybridized carbons (Fsp3) is 0.393. The van der Waals surface area contributed by atoms with Gasteiger partial charge in [-0.15, -0.1) is 10.2 Å². The van der Waals surface area contributed by atoms with Gasteiger partial charge < -0.3 is 24.1 Å². The van der Waals surface area contributed by atoms with E-state index in [0.29, 0.717) is 48.7 Å². The molecule has 0 radical (unpaired) electrons. The van der Waals surface area contributed by atoms with Crippen LogP contribution in [0.5, 0.6) is 11.5 Å². The molecule has 2 heterocycles. The molecule has 2 aromatic carbocycles. The van der Waals surface area contributed by atoms with Crippen LogP contribution in [0.4, 0.5) is 4.39 Å². The standard InChI is InChI=1S/C28H31FN4O6/c1-3-38-28(36)20-7-5-13-33(16-20)25(34)12-10-22-27(35)30-26(32-31-22)19-9-11-23(24(15-19)37-2)39-17-18-6-4-8-21(29)14-18/h4,6,8-9,11,14-15,20H,3,5,7,10,12-13,16-17H2,1-2H3,(H,30,32,35)/t20-/m1/s1. The van der Waals surface area contributed by atoms with Crippen molar-refractivity contribution in [3.63, 3.8) is 0 Å². The SMILES string of the molecule is CCOC(=O)[C@@H]1CCCN(C(=O)CCc2nnc(-c3ccc(OCc4cccc(F)c4)c(OC)c3)[nH]c2=O)C1. The van der Waals surface area contributed by atoms with Gasteiger partial charge in [-0.25, -0.2) is 4.39 Å². The molecule has 4 rings (SSSR count). The normalized spacial score (nSPS) is 15.1. The van der Waals surface area contributed by atoms with E-state index in [9.17, 15) is 18.8 Å². The predicted octanol–water partition coefficient (Wildman–Crippen LogP) is 3.29. The third-order valence-corrected chi connectivity index (χ3v) is 6.45. The molecule has 10 nitrogen and oxygen atoms in total. The number of carbonyl (C=O) groups excluding carboxylic acids is 2. The van der Waals surface area contributed by atoms with Crippen molar-refractivity contribution in [1.29, 1.82) is 0 Å². The zero-order chi connectivity index (χ0) is 27.8. The zero-order valence-corrected chi connectivity index (χ0v) is 21.9. The monoisotopic (exact) mass is 538 g/mol. The highest BCUT2D eigenvalue weighted by Crippen LogP contribution is 2.31. The molecule has 1 N–H and O–H groups in total. The van der Waals surface area contributed by atoms with Crippen LogP contribution in [-0.4, -0.2) is 58.8 Å². The molecular formula is C28H31FN4O6. The fourth-order valence-corrected chi connectivity index (χ4v) is 4.42. The second-order valence-electron chi connectivity index (χ2n) is 9.16. The summed E-state index contributed by atoms with van der Waals surface area (Å²) in [4.78, 5) is 41.8. The average molecular weight is 539 g/mol. The Morgan fingerprint density at radius 3 is 2.74 bits per heavy atom. The van der Waals surface area contributed by atoms with Gasteiger partial charge in [0.15, 0.2) is 17.3 Å². The highest BCUT2D eigenvalue weighted by molar-refractivity contribution is 5.78. The number of nitrogens with one attached hydrogen (secondary N) is 1. The molecule has 39 heavy (non-hydrogen) atoms. The van der Waals surface area contributed by atoms with Crippen LogP contribution in [0.15, 0.2) is 47.3 Å². The van der Waals surface area contributed by atoms with Crippen molar-refractivity contribution < 1.29 is 28.2 Å². The number of amides is 1. The number of carbonyl (C=O) groups is 2. The van der Waals surface area contributed by atoms with Crippen LogP contribution >= 0.6 is 0 Å². The molecule has 1 amide bonds. The first kappa shape index (κ1) is 27.7. The number of nitrogens with zero attached hydrogens (tertiary/aromatic N) is 3. The van der Waals surface area contributed by atoms with Crippen LogP contribution < -0.4 is 15.0 Å². The Morgan fingerprint density at radius 2 is 2.00 bits per heavy atom. The number of esters is 1. The Kier molecular flexibility index (Phi) is 9.24. The first-order valence-corrected chi connectivity index (χ1v) is 12.8. The topological polar surface area (TPSA) is 124 Å². The van der Waals surface area contributed by atoms with E-state index in [0.717, 1.165) is 6.42 Å². The summed E-state index contributed by atoms with van der Waals surface area (Å²) in [6, 6.07) is 11.1. The number of ether oxygens (including phenoxy) is 3. The minimum absolute atomic E-state index is 0.0812. The average Bonchev–Trinajstić information content (AvgIpc) is 2.95. The number of H-pyrrole nitrogens is 1. The Bertz CT molecular complexity index is 1380. The molecule has 1 aliphatic heterocycles. The van der Waals surface area contributed by atoms with E-state index in [1.54, 1.807) is 42.2 Å². The van der Waals surface area contributed by atoms with Crippen molar-refractivity contribution in [1.82, 2.24) is 20.1 Å². The van der Waals surface area contributed by atoms with Crippen LogP contribution in [0.1, 0.15) is 37.4 Å². The van der Waals surface area contributed by atoms with E-state index in [4.69, 9.17) is 14.2 Å². The molecule has 1 fully saturated rings. The zero-order valence-electron chi connectivity index (χ0n) is 21.9. The van der Waals surface area contributed by atoms with Crippen molar-refractivity contribution in [2.24, 2.45) is 5.92 Å². The third-order valence-electron chi connectivity index (χ3n) is 6.45. The van der Waals surface area contributed by atoms with E-state index >= 15 is 0 Å². The number of rotatable bonds is 10. The molecule has 0 unspecified atom stereocenters. The maximum absolute atomic E-state index is 13.4. The number of likely N-dealkylation sites (tertiary alicyclic amines) is 1. The van der Waals surface area contributed by atoms with Gasteiger partial charge in [-0.05, 0) is 55.7 Å². The lowest BCUT2D eigenvalue weighted by molar-refractivity contribution is -0.151. The van der Waals surface area contributed by atoms with Gasteiger partial charge in [-0.3, -0.25) is 14.4 Å². The molecule has 11 heteroatoms. The highest BCUT2D eigenvalue weighted by Gasteiger charge is 2.29. The number of aromatic amines is 1. The molecular weight excluding hydrogens is 507 g/mol. The van der Waals surface area contributed by atoms with E-state index in [1.165, 1.54) is 19.2 Å². The van der Waals surface area contributed by atoms with Crippen molar-refractivity contribution >= 4 is 11.9 Å². The van der Waals surface area contributed by atoms with Gasteiger partial charge in [-0.1, -0.05) is 12.1 Å². The number of hydrogen-bond donors (Lipinski definition) is 1. The lowest BCUT2D eigenvalue weighted by Gasteiger charge is -2.31. The van der Waals surface area contributed by atoms with Crippen molar-refractivity contribution in [2.45, 2.75) is 39.2 Å². The lowest BCUT2D eigenvalue weighted by atomic mass is 9.98. The second-order valence-corrected chi connectivity index (χ2v) is 9.16. The summed E-state index contributed by atoms with van der Waals surface area (Å²) in [5, 5.41) is 8.19. The summed E-state index contributed by atoms with van der Waals surface area (Å²) < 4.78 is 29.7. The maximum atomic E-state index is 13.4. The number of aryl methyl sites for hydroxylation is 1. The van der Waals surface area contributed by atoms with Crippen LogP contribution in [0, 0.1) is 11.7 Å². The largest absolute Gasteiger partial charge is 0.493 e.